The number of hydrogen-bond donors (Lipinski definition) is 1. The summed E-state index contributed by atoms with van der Waals surface area (Å²) in [6, 6.07) is 13.8. The van der Waals surface area contributed by atoms with Crippen molar-refractivity contribution in [2.24, 2.45) is 11.3 Å². The summed E-state index contributed by atoms with van der Waals surface area (Å²) in [7, 11) is 3.20. The zero-order valence-electron chi connectivity index (χ0n) is 21.5. The predicted octanol–water partition coefficient (Wildman–Crippen LogP) is 4.10. The van der Waals surface area contributed by atoms with Crippen LogP contribution in [0.4, 0.5) is 11.8 Å². The highest BCUT2D eigenvalue weighted by atomic mass is 16.5. The molecule has 2 aliphatic heterocycles. The fraction of sp³-hybridized carbons (Fsp3) is 0.464. The molecule has 8 heteroatoms. The number of carbonyl (C=O) groups is 1. The first kappa shape index (κ1) is 24.2. The Morgan fingerprint density at radius 1 is 1.00 bits per heavy atom. The number of nitrogens with two attached hydrogens (primary N) is 1. The molecule has 190 valence electrons. The van der Waals surface area contributed by atoms with Crippen molar-refractivity contribution in [3.8, 4) is 11.5 Å². The number of amides is 1. The standard InChI is InChI=1S/C28H35N5O3/c1-18(2)24(19-8-6-5-7-9-19)26(34)32-12-10-28(16-32)11-13-33(17-28)27-30-21-15-23(36-4)22(35-3)14-20(21)25(29)31-27/h5-9,14-15,18,24H,10-13,16-17H2,1-4H3,(H2,29,30,31). The third kappa shape index (κ3) is 4.29. The van der Waals surface area contributed by atoms with Crippen LogP contribution in [0.1, 0.15) is 38.2 Å². The molecule has 3 heterocycles. The highest BCUT2D eigenvalue weighted by molar-refractivity contribution is 5.91. The summed E-state index contributed by atoms with van der Waals surface area (Å²) in [5.41, 5.74) is 8.21. The van der Waals surface area contributed by atoms with Gasteiger partial charge in [-0.1, -0.05) is 44.2 Å². The minimum atomic E-state index is -0.116. The number of hydrogen-bond acceptors (Lipinski definition) is 7. The van der Waals surface area contributed by atoms with Gasteiger partial charge in [0.25, 0.3) is 0 Å². The van der Waals surface area contributed by atoms with Gasteiger partial charge in [-0.2, -0.15) is 4.98 Å². The highest BCUT2D eigenvalue weighted by Crippen LogP contribution is 2.43. The van der Waals surface area contributed by atoms with Crippen LogP contribution in [-0.2, 0) is 4.79 Å². The number of nitrogens with zero attached hydrogens (tertiary/aromatic N) is 4. The second-order valence-corrected chi connectivity index (χ2v) is 10.4. The quantitative estimate of drug-likeness (QED) is 0.557. The van der Waals surface area contributed by atoms with Gasteiger partial charge >= 0.3 is 0 Å². The van der Waals surface area contributed by atoms with Crippen LogP contribution in [0.15, 0.2) is 42.5 Å². The number of rotatable bonds is 6. The van der Waals surface area contributed by atoms with Gasteiger partial charge < -0.3 is 25.0 Å². The van der Waals surface area contributed by atoms with Gasteiger partial charge in [0.1, 0.15) is 5.82 Å². The Bertz CT molecular complexity index is 1270. The van der Waals surface area contributed by atoms with Gasteiger partial charge in [-0.3, -0.25) is 4.79 Å². The third-order valence-electron chi connectivity index (χ3n) is 7.78. The van der Waals surface area contributed by atoms with Crippen LogP contribution in [0.3, 0.4) is 0 Å². The normalized spacial score (nSPS) is 20.5. The molecule has 5 rings (SSSR count). The SMILES string of the molecule is COc1cc2nc(N3CCC4(CCN(C(=O)C(c5ccccc5)C(C)C)C4)C3)nc(N)c2cc1OC. The lowest BCUT2D eigenvalue weighted by Crippen LogP contribution is -2.38. The average molecular weight is 490 g/mol. The molecule has 1 aromatic heterocycles. The maximum absolute atomic E-state index is 13.6. The van der Waals surface area contributed by atoms with E-state index in [2.05, 4.69) is 40.8 Å². The molecule has 1 amide bonds. The Labute approximate surface area is 212 Å². The largest absolute Gasteiger partial charge is 0.493 e. The molecule has 36 heavy (non-hydrogen) atoms. The molecular weight excluding hydrogens is 454 g/mol. The van der Waals surface area contributed by atoms with Gasteiger partial charge in [-0.15, -0.1) is 0 Å². The lowest BCUT2D eigenvalue weighted by Gasteiger charge is -2.29. The van der Waals surface area contributed by atoms with Gasteiger partial charge in [-0.25, -0.2) is 4.98 Å². The zero-order valence-corrected chi connectivity index (χ0v) is 21.5. The lowest BCUT2D eigenvalue weighted by molar-refractivity contribution is -0.133. The number of likely N-dealkylation sites (tertiary alicyclic amines) is 1. The predicted molar refractivity (Wildman–Crippen MR) is 142 cm³/mol. The molecule has 2 aliphatic rings. The first-order valence-corrected chi connectivity index (χ1v) is 12.6. The molecule has 2 N–H and O–H groups in total. The summed E-state index contributed by atoms with van der Waals surface area (Å²) in [6.45, 7) is 7.47. The van der Waals surface area contributed by atoms with Crippen molar-refractivity contribution in [3.05, 3.63) is 48.0 Å². The van der Waals surface area contributed by atoms with Crippen LogP contribution in [0, 0.1) is 11.3 Å². The maximum Gasteiger partial charge on any atom is 0.230 e. The van der Waals surface area contributed by atoms with Crippen molar-refractivity contribution in [2.75, 3.05) is 51.0 Å². The van der Waals surface area contributed by atoms with E-state index in [-0.39, 0.29) is 23.2 Å². The monoisotopic (exact) mass is 489 g/mol. The maximum atomic E-state index is 13.6. The summed E-state index contributed by atoms with van der Waals surface area (Å²) in [4.78, 5) is 27.4. The molecule has 0 saturated carbocycles. The number of fused-ring (bicyclic) bond motifs is 1. The number of anilines is 2. The van der Waals surface area contributed by atoms with Crippen molar-refractivity contribution < 1.29 is 14.3 Å². The van der Waals surface area contributed by atoms with Gasteiger partial charge in [0.15, 0.2) is 11.5 Å². The molecule has 0 bridgehead atoms. The average Bonchev–Trinajstić information content (AvgIpc) is 3.50. The van der Waals surface area contributed by atoms with E-state index in [1.165, 1.54) is 0 Å². The summed E-state index contributed by atoms with van der Waals surface area (Å²) < 4.78 is 10.9. The second-order valence-electron chi connectivity index (χ2n) is 10.4. The van der Waals surface area contributed by atoms with E-state index in [0.29, 0.717) is 23.3 Å². The molecule has 0 radical (unpaired) electrons. The van der Waals surface area contributed by atoms with E-state index in [0.717, 1.165) is 55.5 Å². The van der Waals surface area contributed by atoms with Crippen molar-refractivity contribution in [1.82, 2.24) is 14.9 Å². The van der Waals surface area contributed by atoms with Crippen LogP contribution in [-0.4, -0.2) is 61.2 Å². The van der Waals surface area contributed by atoms with E-state index in [1.807, 2.05) is 30.3 Å². The molecule has 8 nitrogen and oxygen atoms in total. The summed E-state index contributed by atoms with van der Waals surface area (Å²) in [6.07, 6.45) is 1.99. The van der Waals surface area contributed by atoms with Crippen molar-refractivity contribution >= 4 is 28.6 Å². The summed E-state index contributed by atoms with van der Waals surface area (Å²) >= 11 is 0. The second kappa shape index (κ2) is 9.48. The van der Waals surface area contributed by atoms with E-state index in [1.54, 1.807) is 14.2 Å². The van der Waals surface area contributed by atoms with Crippen LogP contribution in [0.25, 0.3) is 10.9 Å². The molecule has 3 aromatic rings. The molecule has 2 fully saturated rings. The van der Waals surface area contributed by atoms with Gasteiger partial charge in [-0.05, 0) is 30.4 Å². The number of nitrogen functional groups attached to an aromatic ring is 1. The van der Waals surface area contributed by atoms with Crippen molar-refractivity contribution in [3.63, 3.8) is 0 Å². The number of benzene rings is 2. The fourth-order valence-corrected chi connectivity index (χ4v) is 5.84. The summed E-state index contributed by atoms with van der Waals surface area (Å²) in [5.74, 6) is 2.60. The van der Waals surface area contributed by atoms with Gasteiger partial charge in [0, 0.05) is 43.0 Å². The van der Waals surface area contributed by atoms with E-state index in [9.17, 15) is 4.79 Å². The number of ether oxygens (including phenoxy) is 2. The minimum absolute atomic E-state index is 0.0541. The van der Waals surface area contributed by atoms with E-state index in [4.69, 9.17) is 20.2 Å². The van der Waals surface area contributed by atoms with Crippen LogP contribution in [0.2, 0.25) is 0 Å². The summed E-state index contributed by atoms with van der Waals surface area (Å²) in [5, 5.41) is 0.739. The third-order valence-corrected chi connectivity index (χ3v) is 7.78. The Kier molecular flexibility index (Phi) is 6.36. The van der Waals surface area contributed by atoms with E-state index >= 15 is 0 Å². The number of aromatic nitrogens is 2. The Hall–Kier alpha value is -3.55. The fourth-order valence-electron chi connectivity index (χ4n) is 5.84. The molecule has 1 spiro atoms. The van der Waals surface area contributed by atoms with Crippen LogP contribution in [0.5, 0.6) is 11.5 Å². The topological polar surface area (TPSA) is 93.8 Å². The first-order valence-electron chi connectivity index (χ1n) is 12.6. The molecule has 2 atom stereocenters. The molecule has 2 saturated heterocycles. The number of carbonyl (C=O) groups excluding carboxylic acids is 1. The Morgan fingerprint density at radius 3 is 2.39 bits per heavy atom. The molecule has 0 aliphatic carbocycles. The van der Waals surface area contributed by atoms with Gasteiger partial charge in [0.05, 0.1) is 25.7 Å². The van der Waals surface area contributed by atoms with Crippen molar-refractivity contribution in [2.45, 2.75) is 32.6 Å². The first-order chi connectivity index (χ1) is 17.3. The smallest absolute Gasteiger partial charge is 0.230 e. The minimum Gasteiger partial charge on any atom is -0.493 e. The lowest BCUT2D eigenvalue weighted by atomic mass is 9.85. The molecular formula is C28H35N5O3. The van der Waals surface area contributed by atoms with Gasteiger partial charge in [0.2, 0.25) is 11.9 Å². The zero-order chi connectivity index (χ0) is 25.4. The van der Waals surface area contributed by atoms with Crippen molar-refractivity contribution in [1.29, 1.82) is 0 Å². The highest BCUT2D eigenvalue weighted by Gasteiger charge is 2.46. The molecule has 2 aromatic carbocycles. The van der Waals surface area contributed by atoms with Crippen LogP contribution >= 0.6 is 0 Å². The van der Waals surface area contributed by atoms with E-state index < -0.39 is 0 Å². The number of methoxy groups -OCH3 is 2. The molecule has 2 unspecified atom stereocenters. The van der Waals surface area contributed by atoms with Crippen LogP contribution < -0.4 is 20.1 Å². The Balaban J connectivity index is 1.35. The Morgan fingerprint density at radius 2 is 1.69 bits per heavy atom.